The maximum Gasteiger partial charge on any atom is 0.325 e. The Balaban J connectivity index is 2.59. The van der Waals surface area contributed by atoms with E-state index < -0.39 is 17.4 Å². The highest BCUT2D eigenvalue weighted by Crippen LogP contribution is 2.20. The minimum Gasteiger partial charge on any atom is -0.480 e. The van der Waals surface area contributed by atoms with Gasteiger partial charge in [-0.2, -0.15) is 0 Å². The predicted molar refractivity (Wildman–Crippen MR) is 63.9 cm³/mol. The van der Waals surface area contributed by atoms with E-state index in [2.05, 4.69) is 4.74 Å². The molecule has 0 radical (unpaired) electrons. The number of carbonyl (C=O) groups excluding carboxylic acids is 1. The van der Waals surface area contributed by atoms with Crippen molar-refractivity contribution in [3.63, 3.8) is 0 Å². The van der Waals surface area contributed by atoms with Gasteiger partial charge in [0.05, 0.1) is 20.3 Å². The average Bonchev–Trinajstić information content (AvgIpc) is 2.38. The Labute approximate surface area is 105 Å². The molecule has 0 unspecified atom stereocenters. The molecule has 1 aromatic rings. The van der Waals surface area contributed by atoms with Crippen molar-refractivity contribution in [2.75, 3.05) is 13.7 Å². The molecule has 98 valence electrons. The van der Waals surface area contributed by atoms with Crippen LogP contribution < -0.4 is 0 Å². The molecule has 0 aliphatic rings. The lowest BCUT2D eigenvalue weighted by Crippen LogP contribution is -2.41. The number of carboxylic acid groups (broad SMARTS) is 1. The van der Waals surface area contributed by atoms with Crippen LogP contribution in [0.25, 0.3) is 0 Å². The van der Waals surface area contributed by atoms with Gasteiger partial charge in [-0.05, 0) is 12.5 Å². The summed E-state index contributed by atoms with van der Waals surface area (Å²) >= 11 is 0. The average molecular weight is 252 g/mol. The molecule has 0 saturated heterocycles. The minimum atomic E-state index is -1.68. The van der Waals surface area contributed by atoms with Gasteiger partial charge in [-0.15, -0.1) is 0 Å². The van der Waals surface area contributed by atoms with E-state index in [-0.39, 0.29) is 13.2 Å². The Kier molecular flexibility index (Phi) is 4.85. The molecule has 1 rings (SSSR count). The van der Waals surface area contributed by atoms with Crippen LogP contribution in [0, 0.1) is 5.41 Å². The number of ether oxygens (including phenoxy) is 2. The van der Waals surface area contributed by atoms with Crippen molar-refractivity contribution in [3.8, 4) is 0 Å². The zero-order chi connectivity index (χ0) is 13.6. The van der Waals surface area contributed by atoms with Crippen LogP contribution in [0.5, 0.6) is 0 Å². The first-order valence-electron chi connectivity index (χ1n) is 5.44. The summed E-state index contributed by atoms with van der Waals surface area (Å²) in [5, 5.41) is 9.05. The highest BCUT2D eigenvalue weighted by atomic mass is 16.5. The Morgan fingerprint density at radius 1 is 1.28 bits per heavy atom. The van der Waals surface area contributed by atoms with Crippen molar-refractivity contribution in [2.45, 2.75) is 13.5 Å². The number of methoxy groups -OCH3 is 1. The van der Waals surface area contributed by atoms with Gasteiger partial charge in [0.1, 0.15) is 0 Å². The Morgan fingerprint density at radius 2 is 1.89 bits per heavy atom. The second-order valence-electron chi connectivity index (χ2n) is 4.11. The number of carbonyl (C=O) groups is 2. The Morgan fingerprint density at radius 3 is 2.39 bits per heavy atom. The molecule has 0 fully saturated rings. The van der Waals surface area contributed by atoms with Crippen molar-refractivity contribution >= 4 is 11.9 Å². The van der Waals surface area contributed by atoms with Crippen molar-refractivity contribution in [1.82, 2.24) is 0 Å². The van der Waals surface area contributed by atoms with Gasteiger partial charge in [0.25, 0.3) is 0 Å². The third-order valence-electron chi connectivity index (χ3n) is 2.61. The maximum absolute atomic E-state index is 11.4. The first kappa shape index (κ1) is 14.2. The summed E-state index contributed by atoms with van der Waals surface area (Å²) in [6.45, 7) is 1.30. The summed E-state index contributed by atoms with van der Waals surface area (Å²) in [5.74, 6) is -2.08. The normalized spacial score (nSPS) is 13.7. The first-order chi connectivity index (χ1) is 8.50. The van der Waals surface area contributed by atoms with Crippen LogP contribution in [-0.2, 0) is 25.7 Å². The first-order valence-corrected chi connectivity index (χ1v) is 5.44. The lowest BCUT2D eigenvalue weighted by molar-refractivity contribution is -0.170. The van der Waals surface area contributed by atoms with Gasteiger partial charge in [-0.25, -0.2) is 0 Å². The van der Waals surface area contributed by atoms with Crippen LogP contribution in [0.2, 0.25) is 0 Å². The van der Waals surface area contributed by atoms with Gasteiger partial charge in [-0.3, -0.25) is 9.59 Å². The van der Waals surface area contributed by atoms with Crippen molar-refractivity contribution in [2.24, 2.45) is 5.41 Å². The summed E-state index contributed by atoms with van der Waals surface area (Å²) in [5.41, 5.74) is -0.765. The number of aliphatic carboxylic acids is 1. The second kappa shape index (κ2) is 6.16. The molecule has 0 aliphatic heterocycles. The third kappa shape index (κ3) is 3.30. The number of benzene rings is 1. The Hall–Kier alpha value is -1.88. The van der Waals surface area contributed by atoms with E-state index >= 15 is 0 Å². The van der Waals surface area contributed by atoms with E-state index in [9.17, 15) is 9.59 Å². The molecule has 0 saturated carbocycles. The number of carboxylic acids is 1. The smallest absolute Gasteiger partial charge is 0.325 e. The lowest BCUT2D eigenvalue weighted by atomic mass is 9.92. The molecular weight excluding hydrogens is 236 g/mol. The van der Waals surface area contributed by atoms with E-state index in [0.717, 1.165) is 12.7 Å². The van der Waals surface area contributed by atoms with Gasteiger partial charge >= 0.3 is 11.9 Å². The predicted octanol–water partition coefficient (Wildman–Crippen LogP) is 1.47. The van der Waals surface area contributed by atoms with Crippen LogP contribution in [-0.4, -0.2) is 30.8 Å². The van der Waals surface area contributed by atoms with Gasteiger partial charge in [0.15, 0.2) is 5.41 Å². The minimum absolute atomic E-state index is 0.232. The molecule has 0 aromatic heterocycles. The van der Waals surface area contributed by atoms with E-state index in [0.29, 0.717) is 0 Å². The monoisotopic (exact) mass is 252 g/mol. The van der Waals surface area contributed by atoms with Gasteiger partial charge in [0.2, 0.25) is 0 Å². The molecule has 18 heavy (non-hydrogen) atoms. The van der Waals surface area contributed by atoms with Crippen LogP contribution >= 0.6 is 0 Å². The zero-order valence-corrected chi connectivity index (χ0v) is 10.4. The summed E-state index contributed by atoms with van der Waals surface area (Å²) < 4.78 is 9.77. The molecular formula is C13H16O5. The largest absolute Gasteiger partial charge is 0.480 e. The highest BCUT2D eigenvalue weighted by Gasteiger charge is 2.43. The molecule has 1 aromatic carbocycles. The van der Waals surface area contributed by atoms with E-state index in [4.69, 9.17) is 9.84 Å². The van der Waals surface area contributed by atoms with Crippen LogP contribution in [0.15, 0.2) is 30.3 Å². The summed E-state index contributed by atoms with van der Waals surface area (Å²) in [7, 11) is 1.15. The fourth-order valence-electron chi connectivity index (χ4n) is 1.38. The fraction of sp³-hybridized carbons (Fsp3) is 0.385. The summed E-state index contributed by atoms with van der Waals surface area (Å²) in [6.07, 6.45) is 0. The maximum atomic E-state index is 11.4. The molecule has 5 heteroatoms. The van der Waals surface area contributed by atoms with Crippen LogP contribution in [0.1, 0.15) is 12.5 Å². The van der Waals surface area contributed by atoms with E-state index in [1.54, 1.807) is 0 Å². The molecule has 0 heterocycles. The molecule has 1 atom stereocenters. The number of rotatable bonds is 6. The number of hydrogen-bond donors (Lipinski definition) is 1. The van der Waals surface area contributed by atoms with Crippen LogP contribution in [0.4, 0.5) is 0 Å². The molecule has 5 nitrogen and oxygen atoms in total. The highest BCUT2D eigenvalue weighted by molar-refractivity contribution is 5.98. The number of hydrogen-bond acceptors (Lipinski definition) is 4. The van der Waals surface area contributed by atoms with E-state index in [1.165, 1.54) is 6.92 Å². The van der Waals surface area contributed by atoms with E-state index in [1.807, 2.05) is 30.3 Å². The fourth-order valence-corrected chi connectivity index (χ4v) is 1.38. The topological polar surface area (TPSA) is 72.8 Å². The summed E-state index contributed by atoms with van der Waals surface area (Å²) in [6, 6.07) is 9.30. The van der Waals surface area contributed by atoms with Crippen LogP contribution in [0.3, 0.4) is 0 Å². The van der Waals surface area contributed by atoms with Gasteiger partial charge < -0.3 is 14.6 Å². The Bertz CT molecular complexity index is 415. The SMILES string of the molecule is COC(=O)[C@](C)(COCc1ccccc1)C(=O)O. The van der Waals surface area contributed by atoms with Crippen molar-refractivity contribution in [3.05, 3.63) is 35.9 Å². The quantitative estimate of drug-likeness (QED) is 0.613. The summed E-state index contributed by atoms with van der Waals surface area (Å²) in [4.78, 5) is 22.5. The van der Waals surface area contributed by atoms with Crippen molar-refractivity contribution < 1.29 is 24.2 Å². The number of esters is 1. The molecule has 1 N–H and O–H groups in total. The lowest BCUT2D eigenvalue weighted by Gasteiger charge is -2.21. The molecule has 0 spiro atoms. The molecule has 0 aliphatic carbocycles. The van der Waals surface area contributed by atoms with Gasteiger partial charge in [-0.1, -0.05) is 30.3 Å². The van der Waals surface area contributed by atoms with Gasteiger partial charge in [0, 0.05) is 0 Å². The molecule has 0 bridgehead atoms. The van der Waals surface area contributed by atoms with Crippen molar-refractivity contribution in [1.29, 1.82) is 0 Å². The standard InChI is InChI=1S/C13H16O5/c1-13(11(14)15,12(16)17-2)9-18-8-10-6-4-3-5-7-10/h3-7H,8-9H2,1-2H3,(H,14,15)/t13-/m1/s1. The second-order valence-corrected chi connectivity index (χ2v) is 4.11. The zero-order valence-electron chi connectivity index (χ0n) is 10.4. The third-order valence-corrected chi connectivity index (χ3v) is 2.61. The molecule has 0 amide bonds.